The van der Waals surface area contributed by atoms with Crippen LogP contribution in [-0.4, -0.2) is 39.5 Å². The maximum Gasteiger partial charge on any atom is 0.271 e. The number of aromatic nitrogens is 2. The third-order valence-corrected chi connectivity index (χ3v) is 5.69. The Morgan fingerprint density at radius 3 is 2.50 bits per heavy atom. The van der Waals surface area contributed by atoms with Crippen LogP contribution in [0.3, 0.4) is 0 Å². The van der Waals surface area contributed by atoms with Gasteiger partial charge in [0.15, 0.2) is 6.61 Å². The monoisotopic (exact) mass is 436 g/mol. The smallest absolute Gasteiger partial charge is 0.271 e. The van der Waals surface area contributed by atoms with E-state index in [4.69, 9.17) is 16.3 Å². The number of amides is 2. The van der Waals surface area contributed by atoms with Gasteiger partial charge >= 0.3 is 0 Å². The summed E-state index contributed by atoms with van der Waals surface area (Å²) in [7, 11) is 0. The largest absolute Gasteiger partial charge is 0.484 e. The van der Waals surface area contributed by atoms with Crippen molar-refractivity contribution in [2.24, 2.45) is 0 Å². The van der Waals surface area contributed by atoms with Gasteiger partial charge in [-0.1, -0.05) is 11.6 Å². The van der Waals surface area contributed by atoms with Crippen molar-refractivity contribution in [3.8, 4) is 5.75 Å². The summed E-state index contributed by atoms with van der Waals surface area (Å²) in [5.41, 5.74) is -0.454. The Morgan fingerprint density at radius 1 is 1.20 bits per heavy atom. The van der Waals surface area contributed by atoms with Crippen LogP contribution in [0.25, 0.3) is 0 Å². The maximum absolute atomic E-state index is 13.4. The van der Waals surface area contributed by atoms with Crippen LogP contribution in [0.2, 0.25) is 5.02 Å². The molecule has 2 N–H and O–H groups in total. The number of carbonyl (C=O) groups is 2. The van der Waals surface area contributed by atoms with Gasteiger partial charge in [-0.15, -0.1) is 0 Å². The molecule has 0 saturated heterocycles. The first-order valence-corrected chi connectivity index (χ1v) is 9.75. The first-order chi connectivity index (χ1) is 14.2. The van der Waals surface area contributed by atoms with Crippen LogP contribution in [0.15, 0.2) is 30.6 Å². The highest BCUT2D eigenvalue weighted by Crippen LogP contribution is 2.60. The van der Waals surface area contributed by atoms with Crippen molar-refractivity contribution in [1.29, 1.82) is 0 Å². The van der Waals surface area contributed by atoms with Gasteiger partial charge in [0.2, 0.25) is 0 Å². The van der Waals surface area contributed by atoms with Gasteiger partial charge in [-0.25, -0.2) is 13.8 Å². The summed E-state index contributed by atoms with van der Waals surface area (Å²) in [6.07, 6.45) is 3.04. The van der Waals surface area contributed by atoms with E-state index in [1.54, 1.807) is 0 Å². The molecular weight excluding hydrogens is 418 g/mol. The highest BCUT2D eigenvalue weighted by atomic mass is 35.5. The fraction of sp³-hybridized carbons (Fsp3) is 0.400. The van der Waals surface area contributed by atoms with Crippen molar-refractivity contribution in [3.63, 3.8) is 0 Å². The van der Waals surface area contributed by atoms with E-state index in [1.807, 2.05) is 0 Å². The number of benzene rings is 1. The summed E-state index contributed by atoms with van der Waals surface area (Å²) in [4.78, 5) is 32.3. The third kappa shape index (κ3) is 3.94. The second kappa shape index (κ2) is 7.46. The average Bonchev–Trinajstić information content (AvgIpc) is 2.66. The van der Waals surface area contributed by atoms with Crippen LogP contribution >= 0.6 is 11.6 Å². The lowest BCUT2D eigenvalue weighted by molar-refractivity contribution is -0.141. The Hall–Kier alpha value is -2.81. The van der Waals surface area contributed by atoms with Crippen molar-refractivity contribution < 1.29 is 23.1 Å². The van der Waals surface area contributed by atoms with Gasteiger partial charge in [-0.2, -0.15) is 0 Å². The molecule has 2 bridgehead atoms. The molecule has 1 aromatic heterocycles. The Morgan fingerprint density at radius 2 is 1.90 bits per heavy atom. The lowest BCUT2D eigenvalue weighted by atomic mass is 9.44. The second-order valence-electron chi connectivity index (χ2n) is 7.90. The Bertz CT molecular complexity index is 980. The summed E-state index contributed by atoms with van der Waals surface area (Å²) >= 11 is 5.61. The van der Waals surface area contributed by atoms with E-state index in [0.717, 1.165) is 6.07 Å². The number of alkyl halides is 1. The van der Waals surface area contributed by atoms with Gasteiger partial charge in [0.25, 0.3) is 11.8 Å². The molecule has 3 aliphatic rings. The quantitative estimate of drug-likeness (QED) is 0.696. The topological polar surface area (TPSA) is 93.2 Å². The normalized spacial score (nSPS) is 24.8. The molecule has 1 atom stereocenters. The minimum atomic E-state index is -1.25. The minimum absolute atomic E-state index is 0.0214. The van der Waals surface area contributed by atoms with Gasteiger partial charge in [-0.3, -0.25) is 14.6 Å². The fourth-order valence-electron chi connectivity index (χ4n) is 4.07. The molecule has 1 unspecified atom stereocenters. The molecule has 7 nitrogen and oxygen atoms in total. The Balaban J connectivity index is 1.23. The summed E-state index contributed by atoms with van der Waals surface area (Å²) < 4.78 is 31.9. The van der Waals surface area contributed by atoms with Crippen molar-refractivity contribution in [1.82, 2.24) is 20.6 Å². The van der Waals surface area contributed by atoms with E-state index in [2.05, 4.69) is 20.6 Å². The second-order valence-corrected chi connectivity index (χ2v) is 8.31. The number of carbonyl (C=O) groups excluding carboxylic acids is 2. The van der Waals surface area contributed by atoms with Crippen molar-refractivity contribution in [2.45, 2.75) is 43.4 Å². The van der Waals surface area contributed by atoms with Crippen molar-refractivity contribution in [3.05, 3.63) is 52.8 Å². The molecule has 2 amide bonds. The molecule has 3 saturated carbocycles. The number of rotatable bonds is 7. The van der Waals surface area contributed by atoms with Gasteiger partial charge < -0.3 is 15.4 Å². The van der Waals surface area contributed by atoms with Crippen LogP contribution < -0.4 is 15.4 Å². The highest BCUT2D eigenvalue weighted by Gasteiger charge is 2.69. The number of ether oxygens (including phenoxy) is 1. The zero-order valence-electron chi connectivity index (χ0n) is 16.0. The first-order valence-electron chi connectivity index (χ1n) is 9.37. The lowest BCUT2D eigenvalue weighted by Gasteiger charge is -2.70. The molecular formula is C20H19ClF2N4O3. The lowest BCUT2D eigenvalue weighted by Crippen LogP contribution is -2.84. The van der Waals surface area contributed by atoms with E-state index >= 15 is 0 Å². The van der Waals surface area contributed by atoms with Gasteiger partial charge in [0.05, 0.1) is 23.1 Å². The van der Waals surface area contributed by atoms with Crippen molar-refractivity contribution >= 4 is 23.4 Å². The summed E-state index contributed by atoms with van der Waals surface area (Å²) in [5.74, 6) is -1.12. The van der Waals surface area contributed by atoms with E-state index in [1.165, 1.54) is 31.5 Å². The van der Waals surface area contributed by atoms with Crippen LogP contribution in [0.1, 0.15) is 48.5 Å². The van der Waals surface area contributed by atoms with Crippen LogP contribution in [-0.2, 0) is 4.79 Å². The van der Waals surface area contributed by atoms with Crippen molar-refractivity contribution in [2.75, 3.05) is 6.61 Å². The molecule has 10 heteroatoms. The summed E-state index contributed by atoms with van der Waals surface area (Å²) in [6, 6.07) is 3.95. The molecule has 0 spiro atoms. The third-order valence-electron chi connectivity index (χ3n) is 5.39. The maximum atomic E-state index is 13.4. The van der Waals surface area contributed by atoms with Crippen LogP contribution in [0.4, 0.5) is 8.78 Å². The van der Waals surface area contributed by atoms with E-state index in [0.29, 0.717) is 19.3 Å². The number of hydrogen-bond donors (Lipinski definition) is 2. The molecule has 3 fully saturated rings. The minimum Gasteiger partial charge on any atom is -0.484 e. The molecule has 0 aliphatic heterocycles. The van der Waals surface area contributed by atoms with Crippen LogP contribution in [0, 0.1) is 5.82 Å². The highest BCUT2D eigenvalue weighted by molar-refractivity contribution is 6.30. The number of nitrogens with zero attached hydrogens (tertiary/aromatic N) is 2. The predicted molar refractivity (Wildman–Crippen MR) is 103 cm³/mol. The number of hydrogen-bond acceptors (Lipinski definition) is 5. The molecule has 1 aromatic carbocycles. The van der Waals surface area contributed by atoms with E-state index in [-0.39, 0.29) is 51.7 Å². The molecule has 5 rings (SSSR count). The molecule has 2 aromatic rings. The number of halogens is 3. The first kappa shape index (κ1) is 20.5. The molecule has 3 aliphatic carbocycles. The van der Waals surface area contributed by atoms with Gasteiger partial charge in [-0.05, 0) is 38.3 Å². The standard InChI is InChI=1S/C20H19ClF2N4O3/c1-11(22)15-5-25-16(6-24-15)18(29)27-20-8-19(9-20,10-20)26-17(28)7-30-12-2-3-13(21)14(23)4-12/h2-6,11H,7-10H2,1H3,(H,26,28)(H,27,29). The molecule has 158 valence electrons. The molecule has 30 heavy (non-hydrogen) atoms. The summed E-state index contributed by atoms with van der Waals surface area (Å²) in [5, 5.41) is 5.81. The zero-order chi connectivity index (χ0) is 21.5. The SMILES string of the molecule is CC(F)c1cnc(C(=O)NC23CC(NC(=O)COc4ccc(Cl)c(F)c4)(C2)C3)cn1. The Labute approximate surface area is 176 Å². The van der Waals surface area contributed by atoms with Gasteiger partial charge in [0.1, 0.15) is 23.4 Å². The molecule has 1 heterocycles. The predicted octanol–water partition coefficient (Wildman–Crippen LogP) is 2.90. The molecule has 0 radical (unpaired) electrons. The Kier molecular flexibility index (Phi) is 5.09. The zero-order valence-corrected chi connectivity index (χ0v) is 16.8. The van der Waals surface area contributed by atoms with E-state index in [9.17, 15) is 18.4 Å². The average molecular weight is 437 g/mol. The van der Waals surface area contributed by atoms with E-state index < -0.39 is 12.0 Å². The van der Waals surface area contributed by atoms with Gasteiger partial charge in [0, 0.05) is 17.1 Å². The van der Waals surface area contributed by atoms with Crippen LogP contribution in [0.5, 0.6) is 5.75 Å². The summed E-state index contributed by atoms with van der Waals surface area (Å²) in [6.45, 7) is 1.09. The number of nitrogens with one attached hydrogen (secondary N) is 2. The fourth-order valence-corrected chi connectivity index (χ4v) is 4.18.